The maximum atomic E-state index is 12.8. The molecule has 31 heavy (non-hydrogen) atoms. The number of nitrogens with one attached hydrogen (secondary N) is 2. The van der Waals surface area contributed by atoms with Gasteiger partial charge in [-0.05, 0) is 80.0 Å². The zero-order chi connectivity index (χ0) is 21.2. The van der Waals surface area contributed by atoms with Crippen LogP contribution in [0.2, 0.25) is 0 Å². The molecule has 5 rings (SSSR count). The van der Waals surface area contributed by atoms with Gasteiger partial charge in [0, 0.05) is 47.4 Å². The highest BCUT2D eigenvalue weighted by molar-refractivity contribution is 5.99. The third-order valence-electron chi connectivity index (χ3n) is 6.66. The van der Waals surface area contributed by atoms with Crippen LogP contribution in [0.1, 0.15) is 69.6 Å². The Kier molecular flexibility index (Phi) is 5.49. The van der Waals surface area contributed by atoms with Gasteiger partial charge in [0.05, 0.1) is 0 Å². The summed E-state index contributed by atoms with van der Waals surface area (Å²) in [6, 6.07) is 13.5. The first-order valence-corrected chi connectivity index (χ1v) is 11.5. The van der Waals surface area contributed by atoms with Crippen LogP contribution < -0.4 is 5.32 Å². The zero-order valence-corrected chi connectivity index (χ0v) is 17.9. The standard InChI is InChI=1S/C26H29N3O2/c30-25(20-12-13-24-22(16-20)21-6-2-1-3-7-23(21)28-24)27-17-18-8-10-19(11-9-18)26(31)29-14-4-5-15-29/h8-13,16,28H,1-7,14-15,17H2,(H,27,30). The van der Waals surface area contributed by atoms with Crippen molar-refractivity contribution in [2.24, 2.45) is 0 Å². The Bertz CT molecular complexity index is 1110. The van der Waals surface area contributed by atoms with Crippen LogP contribution in [-0.2, 0) is 19.4 Å². The average Bonchev–Trinajstić information content (AvgIpc) is 3.39. The van der Waals surface area contributed by atoms with Gasteiger partial charge in [0.1, 0.15) is 0 Å². The number of aromatic nitrogens is 1. The zero-order valence-electron chi connectivity index (χ0n) is 17.9. The molecule has 2 heterocycles. The van der Waals surface area contributed by atoms with E-state index in [0.29, 0.717) is 12.1 Å². The molecule has 1 aromatic heterocycles. The minimum atomic E-state index is -0.0670. The van der Waals surface area contributed by atoms with Crippen LogP contribution in [0.3, 0.4) is 0 Å². The number of hydrogen-bond acceptors (Lipinski definition) is 2. The SMILES string of the molecule is O=C(NCc1ccc(C(=O)N2CCCC2)cc1)c1ccc2[nH]c3c(c2c1)CCCCC3. The van der Waals surface area contributed by atoms with Gasteiger partial charge < -0.3 is 15.2 Å². The topological polar surface area (TPSA) is 65.2 Å². The van der Waals surface area contributed by atoms with Crippen molar-refractivity contribution < 1.29 is 9.59 Å². The smallest absolute Gasteiger partial charge is 0.253 e. The fourth-order valence-corrected chi connectivity index (χ4v) is 4.88. The largest absolute Gasteiger partial charge is 0.358 e. The van der Waals surface area contributed by atoms with E-state index in [1.54, 1.807) is 0 Å². The Morgan fingerprint density at radius 1 is 0.871 bits per heavy atom. The molecule has 5 heteroatoms. The lowest BCUT2D eigenvalue weighted by atomic mass is 10.0. The molecule has 0 atom stereocenters. The van der Waals surface area contributed by atoms with E-state index >= 15 is 0 Å². The number of aromatic amines is 1. The van der Waals surface area contributed by atoms with Crippen LogP contribution in [0.25, 0.3) is 10.9 Å². The number of rotatable bonds is 4. The van der Waals surface area contributed by atoms with E-state index in [1.165, 1.54) is 35.9 Å². The molecule has 0 spiro atoms. The van der Waals surface area contributed by atoms with E-state index in [4.69, 9.17) is 0 Å². The number of benzene rings is 2. The number of hydrogen-bond donors (Lipinski definition) is 2. The minimum Gasteiger partial charge on any atom is -0.358 e. The molecule has 160 valence electrons. The lowest BCUT2D eigenvalue weighted by Crippen LogP contribution is -2.27. The molecule has 1 fully saturated rings. The molecule has 2 aliphatic rings. The van der Waals surface area contributed by atoms with Gasteiger partial charge in [-0.3, -0.25) is 9.59 Å². The molecule has 3 aromatic rings. The Morgan fingerprint density at radius 3 is 2.42 bits per heavy atom. The second-order valence-electron chi connectivity index (χ2n) is 8.78. The predicted molar refractivity (Wildman–Crippen MR) is 122 cm³/mol. The van der Waals surface area contributed by atoms with Crippen molar-refractivity contribution in [3.8, 4) is 0 Å². The second-order valence-corrected chi connectivity index (χ2v) is 8.78. The molecule has 0 unspecified atom stereocenters. The summed E-state index contributed by atoms with van der Waals surface area (Å²) in [5, 5.41) is 4.21. The number of nitrogens with zero attached hydrogens (tertiary/aromatic N) is 1. The summed E-state index contributed by atoms with van der Waals surface area (Å²) in [7, 11) is 0. The summed E-state index contributed by atoms with van der Waals surface area (Å²) >= 11 is 0. The quantitative estimate of drug-likeness (QED) is 0.612. The highest BCUT2D eigenvalue weighted by Gasteiger charge is 2.19. The van der Waals surface area contributed by atoms with Crippen molar-refractivity contribution in [3.05, 3.63) is 70.4 Å². The number of carbonyl (C=O) groups is 2. The first-order valence-electron chi connectivity index (χ1n) is 11.5. The van der Waals surface area contributed by atoms with Crippen LogP contribution in [0.15, 0.2) is 42.5 Å². The first-order chi connectivity index (χ1) is 15.2. The summed E-state index contributed by atoms with van der Waals surface area (Å²) in [5.41, 5.74) is 6.26. The normalized spacial score (nSPS) is 16.2. The molecule has 2 aromatic carbocycles. The van der Waals surface area contributed by atoms with E-state index in [1.807, 2.05) is 47.4 Å². The van der Waals surface area contributed by atoms with Crippen molar-refractivity contribution in [2.75, 3.05) is 13.1 Å². The number of likely N-dealkylation sites (tertiary alicyclic amines) is 1. The van der Waals surface area contributed by atoms with Gasteiger partial charge in [-0.2, -0.15) is 0 Å². The van der Waals surface area contributed by atoms with Gasteiger partial charge >= 0.3 is 0 Å². The van der Waals surface area contributed by atoms with Gasteiger partial charge in [-0.25, -0.2) is 0 Å². The number of fused-ring (bicyclic) bond motifs is 3. The van der Waals surface area contributed by atoms with Gasteiger partial charge in [-0.1, -0.05) is 18.6 Å². The highest BCUT2D eigenvalue weighted by atomic mass is 16.2. The fourth-order valence-electron chi connectivity index (χ4n) is 4.88. The van der Waals surface area contributed by atoms with Crippen molar-refractivity contribution in [1.82, 2.24) is 15.2 Å². The van der Waals surface area contributed by atoms with E-state index in [2.05, 4.69) is 10.3 Å². The van der Waals surface area contributed by atoms with Crippen LogP contribution in [-0.4, -0.2) is 34.8 Å². The summed E-state index contributed by atoms with van der Waals surface area (Å²) in [5.74, 6) is 0.0368. The molecule has 2 N–H and O–H groups in total. The van der Waals surface area contributed by atoms with Gasteiger partial charge in [0.25, 0.3) is 11.8 Å². The van der Waals surface area contributed by atoms with E-state index in [9.17, 15) is 9.59 Å². The molecular weight excluding hydrogens is 386 g/mol. The Morgan fingerprint density at radius 2 is 1.61 bits per heavy atom. The molecule has 0 bridgehead atoms. The van der Waals surface area contributed by atoms with Crippen molar-refractivity contribution in [1.29, 1.82) is 0 Å². The summed E-state index contributed by atoms with van der Waals surface area (Å²) in [6.45, 7) is 2.15. The molecule has 0 radical (unpaired) electrons. The molecule has 1 saturated heterocycles. The van der Waals surface area contributed by atoms with Crippen molar-refractivity contribution in [3.63, 3.8) is 0 Å². The van der Waals surface area contributed by atoms with Gasteiger partial charge in [0.15, 0.2) is 0 Å². The lowest BCUT2D eigenvalue weighted by molar-refractivity contribution is 0.0792. The van der Waals surface area contributed by atoms with Crippen molar-refractivity contribution >= 4 is 22.7 Å². The Hall–Kier alpha value is -3.08. The summed E-state index contributed by atoms with van der Waals surface area (Å²) in [6.07, 6.45) is 8.08. The number of H-pyrrole nitrogens is 1. The third kappa shape index (κ3) is 4.09. The predicted octanol–water partition coefficient (Wildman–Crippen LogP) is 4.60. The van der Waals surface area contributed by atoms with Crippen LogP contribution in [0.5, 0.6) is 0 Å². The van der Waals surface area contributed by atoms with Crippen LogP contribution >= 0.6 is 0 Å². The Labute approximate surface area is 182 Å². The highest BCUT2D eigenvalue weighted by Crippen LogP contribution is 2.29. The van der Waals surface area contributed by atoms with Crippen molar-refractivity contribution in [2.45, 2.75) is 51.5 Å². The molecule has 5 nitrogen and oxygen atoms in total. The molecule has 2 amide bonds. The fraction of sp³-hybridized carbons (Fsp3) is 0.385. The first kappa shape index (κ1) is 19.9. The molecular formula is C26H29N3O2. The molecule has 1 aliphatic carbocycles. The molecule has 0 saturated carbocycles. The maximum Gasteiger partial charge on any atom is 0.253 e. The van der Waals surface area contributed by atoms with Gasteiger partial charge in [0.2, 0.25) is 0 Å². The van der Waals surface area contributed by atoms with Gasteiger partial charge in [-0.15, -0.1) is 0 Å². The average molecular weight is 416 g/mol. The Balaban J connectivity index is 1.25. The molecule has 1 aliphatic heterocycles. The number of carbonyl (C=O) groups excluding carboxylic acids is 2. The van der Waals surface area contributed by atoms with E-state index < -0.39 is 0 Å². The number of aryl methyl sites for hydroxylation is 2. The number of amides is 2. The summed E-state index contributed by atoms with van der Waals surface area (Å²) < 4.78 is 0. The second kappa shape index (κ2) is 8.58. The van der Waals surface area contributed by atoms with E-state index in [0.717, 1.165) is 55.4 Å². The summed E-state index contributed by atoms with van der Waals surface area (Å²) in [4.78, 5) is 30.7. The lowest BCUT2D eigenvalue weighted by Gasteiger charge is -2.15. The monoisotopic (exact) mass is 415 g/mol. The third-order valence-corrected chi connectivity index (χ3v) is 6.66. The van der Waals surface area contributed by atoms with Crippen LogP contribution in [0, 0.1) is 0 Å². The van der Waals surface area contributed by atoms with Crippen LogP contribution in [0.4, 0.5) is 0 Å². The minimum absolute atomic E-state index is 0.0670. The maximum absolute atomic E-state index is 12.8. The van der Waals surface area contributed by atoms with E-state index in [-0.39, 0.29) is 11.8 Å².